The van der Waals surface area contributed by atoms with E-state index in [9.17, 15) is 4.39 Å². The molecular formula is C10H13FOS. The lowest BCUT2D eigenvalue weighted by atomic mass is 10.2. The van der Waals surface area contributed by atoms with E-state index in [0.717, 1.165) is 11.3 Å². The summed E-state index contributed by atoms with van der Waals surface area (Å²) >= 11 is 1.75. The Hall–Kier alpha value is -0.700. The molecule has 0 heterocycles. The zero-order valence-electron chi connectivity index (χ0n) is 7.75. The highest BCUT2D eigenvalue weighted by molar-refractivity contribution is 7.99. The molecule has 0 aromatic heterocycles. The number of benzene rings is 1. The van der Waals surface area contributed by atoms with Crippen LogP contribution in [0.4, 0.5) is 4.39 Å². The molecule has 0 aliphatic carbocycles. The lowest BCUT2D eigenvalue weighted by Crippen LogP contribution is -1.89. The van der Waals surface area contributed by atoms with Crippen molar-refractivity contribution in [3.8, 4) is 5.75 Å². The average molecular weight is 200 g/mol. The van der Waals surface area contributed by atoms with Crippen molar-refractivity contribution in [2.24, 2.45) is 0 Å². The standard InChI is InChI=1S/C10H13FOS/c1-7(2)13-6-8-3-4-10(12)9(11)5-8/h3-5,7,12H,6H2,1-2H3. The van der Waals surface area contributed by atoms with Crippen LogP contribution in [0.25, 0.3) is 0 Å². The Morgan fingerprint density at radius 2 is 2.15 bits per heavy atom. The quantitative estimate of drug-likeness (QED) is 0.808. The Labute approximate surface area is 82.0 Å². The van der Waals surface area contributed by atoms with Gasteiger partial charge in [-0.15, -0.1) is 0 Å². The fourth-order valence-electron chi connectivity index (χ4n) is 0.903. The third kappa shape index (κ3) is 3.27. The van der Waals surface area contributed by atoms with E-state index in [1.165, 1.54) is 12.1 Å². The molecule has 0 unspecified atom stereocenters. The van der Waals surface area contributed by atoms with Crippen LogP contribution in [-0.2, 0) is 5.75 Å². The molecular weight excluding hydrogens is 187 g/mol. The second-order valence-electron chi connectivity index (χ2n) is 3.15. The molecule has 1 N–H and O–H groups in total. The van der Waals surface area contributed by atoms with Crippen molar-refractivity contribution in [2.45, 2.75) is 24.9 Å². The molecule has 1 aromatic rings. The van der Waals surface area contributed by atoms with Crippen LogP contribution in [-0.4, -0.2) is 10.4 Å². The summed E-state index contributed by atoms with van der Waals surface area (Å²) < 4.78 is 12.8. The molecule has 0 spiro atoms. The van der Waals surface area contributed by atoms with Crippen molar-refractivity contribution >= 4 is 11.8 Å². The topological polar surface area (TPSA) is 20.2 Å². The predicted octanol–water partition coefficient (Wildman–Crippen LogP) is 3.17. The van der Waals surface area contributed by atoms with Crippen LogP contribution < -0.4 is 0 Å². The summed E-state index contributed by atoms with van der Waals surface area (Å²) in [6, 6.07) is 4.52. The van der Waals surface area contributed by atoms with Gasteiger partial charge in [0.05, 0.1) is 0 Å². The maximum Gasteiger partial charge on any atom is 0.165 e. The van der Waals surface area contributed by atoms with Gasteiger partial charge in [-0.2, -0.15) is 11.8 Å². The van der Waals surface area contributed by atoms with Gasteiger partial charge < -0.3 is 5.11 Å². The van der Waals surface area contributed by atoms with Crippen molar-refractivity contribution < 1.29 is 9.50 Å². The minimum atomic E-state index is -0.540. The first-order chi connectivity index (χ1) is 6.09. The van der Waals surface area contributed by atoms with Crippen LogP contribution in [0.15, 0.2) is 18.2 Å². The summed E-state index contributed by atoms with van der Waals surface area (Å²) in [7, 11) is 0. The van der Waals surface area contributed by atoms with Crippen molar-refractivity contribution in [1.82, 2.24) is 0 Å². The zero-order valence-corrected chi connectivity index (χ0v) is 8.57. The highest BCUT2D eigenvalue weighted by atomic mass is 32.2. The maximum atomic E-state index is 12.8. The van der Waals surface area contributed by atoms with E-state index in [2.05, 4.69) is 13.8 Å². The minimum absolute atomic E-state index is 0.279. The first kappa shape index (κ1) is 10.4. The second kappa shape index (κ2) is 4.51. The number of halogens is 1. The third-order valence-electron chi connectivity index (χ3n) is 1.60. The van der Waals surface area contributed by atoms with E-state index in [1.807, 2.05) is 0 Å². The molecule has 0 saturated carbocycles. The normalized spacial score (nSPS) is 10.8. The van der Waals surface area contributed by atoms with Crippen LogP contribution in [0.3, 0.4) is 0 Å². The van der Waals surface area contributed by atoms with E-state index in [0.29, 0.717) is 5.25 Å². The van der Waals surface area contributed by atoms with E-state index < -0.39 is 5.82 Å². The van der Waals surface area contributed by atoms with Gasteiger partial charge in [0, 0.05) is 5.75 Å². The molecule has 0 aliphatic heterocycles. The summed E-state index contributed by atoms with van der Waals surface area (Å²) in [4.78, 5) is 0. The lowest BCUT2D eigenvalue weighted by molar-refractivity contribution is 0.432. The molecule has 1 aromatic carbocycles. The van der Waals surface area contributed by atoms with Crippen molar-refractivity contribution in [3.05, 3.63) is 29.6 Å². The molecule has 0 atom stereocenters. The van der Waals surface area contributed by atoms with Crippen LogP contribution in [0.1, 0.15) is 19.4 Å². The number of phenols is 1. The molecule has 0 fully saturated rings. The number of thioether (sulfide) groups is 1. The summed E-state index contributed by atoms with van der Waals surface area (Å²) in [6.07, 6.45) is 0. The number of rotatable bonds is 3. The van der Waals surface area contributed by atoms with E-state index in [4.69, 9.17) is 5.11 Å². The van der Waals surface area contributed by atoms with Crippen LogP contribution in [0, 0.1) is 5.82 Å². The molecule has 72 valence electrons. The fourth-order valence-corrected chi connectivity index (χ4v) is 1.61. The average Bonchev–Trinajstić information content (AvgIpc) is 2.07. The molecule has 0 radical (unpaired) electrons. The molecule has 1 nitrogen and oxygen atoms in total. The Balaban J connectivity index is 2.63. The number of hydrogen-bond donors (Lipinski definition) is 1. The largest absolute Gasteiger partial charge is 0.505 e. The van der Waals surface area contributed by atoms with Gasteiger partial charge in [0.25, 0.3) is 0 Å². The van der Waals surface area contributed by atoms with E-state index >= 15 is 0 Å². The monoisotopic (exact) mass is 200 g/mol. The van der Waals surface area contributed by atoms with Crippen molar-refractivity contribution in [2.75, 3.05) is 0 Å². The van der Waals surface area contributed by atoms with Gasteiger partial charge >= 0.3 is 0 Å². The van der Waals surface area contributed by atoms with Crippen molar-refractivity contribution in [3.63, 3.8) is 0 Å². The summed E-state index contributed by atoms with van der Waals surface area (Å²) in [5, 5.41) is 9.48. The lowest BCUT2D eigenvalue weighted by Gasteiger charge is -2.05. The van der Waals surface area contributed by atoms with Gasteiger partial charge in [0.2, 0.25) is 0 Å². The molecule has 3 heteroatoms. The van der Waals surface area contributed by atoms with Gasteiger partial charge in [-0.05, 0) is 22.9 Å². The van der Waals surface area contributed by atoms with E-state index in [1.54, 1.807) is 17.8 Å². The first-order valence-electron chi connectivity index (χ1n) is 4.18. The SMILES string of the molecule is CC(C)SCc1ccc(O)c(F)c1. The molecule has 1 rings (SSSR count). The Morgan fingerprint density at radius 3 is 2.69 bits per heavy atom. The number of aromatic hydroxyl groups is 1. The van der Waals surface area contributed by atoms with E-state index in [-0.39, 0.29) is 5.75 Å². The van der Waals surface area contributed by atoms with Crippen LogP contribution >= 0.6 is 11.8 Å². The van der Waals surface area contributed by atoms with Gasteiger partial charge in [-0.1, -0.05) is 19.9 Å². The highest BCUT2D eigenvalue weighted by Crippen LogP contribution is 2.21. The Bertz CT molecular complexity index is 286. The smallest absolute Gasteiger partial charge is 0.165 e. The van der Waals surface area contributed by atoms with Crippen molar-refractivity contribution in [1.29, 1.82) is 0 Å². The molecule has 0 bridgehead atoms. The molecule has 13 heavy (non-hydrogen) atoms. The number of phenolic OH excluding ortho intramolecular Hbond substituents is 1. The van der Waals surface area contributed by atoms with Crippen LogP contribution in [0.5, 0.6) is 5.75 Å². The Kier molecular flexibility index (Phi) is 3.60. The summed E-state index contributed by atoms with van der Waals surface area (Å²) in [6.45, 7) is 4.20. The predicted molar refractivity (Wildman–Crippen MR) is 54.5 cm³/mol. The number of hydrogen-bond acceptors (Lipinski definition) is 2. The summed E-state index contributed by atoms with van der Waals surface area (Å²) in [5.74, 6) is -0.0327. The molecule has 0 saturated heterocycles. The van der Waals surface area contributed by atoms with Crippen LogP contribution in [0.2, 0.25) is 0 Å². The maximum absolute atomic E-state index is 12.8. The fraction of sp³-hybridized carbons (Fsp3) is 0.400. The minimum Gasteiger partial charge on any atom is -0.505 e. The highest BCUT2D eigenvalue weighted by Gasteiger charge is 2.02. The zero-order chi connectivity index (χ0) is 9.84. The Morgan fingerprint density at radius 1 is 1.46 bits per heavy atom. The molecule has 0 aliphatic rings. The second-order valence-corrected chi connectivity index (χ2v) is 4.71. The first-order valence-corrected chi connectivity index (χ1v) is 5.23. The third-order valence-corrected chi connectivity index (χ3v) is 2.76. The van der Waals surface area contributed by atoms with Gasteiger partial charge in [0.1, 0.15) is 0 Å². The molecule has 0 amide bonds. The summed E-state index contributed by atoms with van der Waals surface area (Å²) in [5.41, 5.74) is 0.911. The van der Waals surface area contributed by atoms with Gasteiger partial charge in [-0.3, -0.25) is 0 Å². The van der Waals surface area contributed by atoms with Gasteiger partial charge in [0.15, 0.2) is 11.6 Å². The van der Waals surface area contributed by atoms with Gasteiger partial charge in [-0.25, -0.2) is 4.39 Å².